The van der Waals surface area contributed by atoms with Gasteiger partial charge in [-0.3, -0.25) is 9.69 Å². The molecule has 120 valence electrons. The van der Waals surface area contributed by atoms with E-state index in [0.29, 0.717) is 12.1 Å². The minimum Gasteiger partial charge on any atom is -0.351 e. The number of amides is 1. The smallest absolute Gasteiger partial charge is 0.270 e. The van der Waals surface area contributed by atoms with E-state index < -0.39 is 0 Å². The molecule has 2 bridgehead atoms. The van der Waals surface area contributed by atoms with Crippen LogP contribution in [0.15, 0.2) is 24.3 Å². The minimum atomic E-state index is 0.180. The van der Waals surface area contributed by atoms with E-state index in [1.807, 2.05) is 6.07 Å². The zero-order chi connectivity index (χ0) is 15.6. The summed E-state index contributed by atoms with van der Waals surface area (Å²) in [6, 6.07) is 10.1. The average molecular weight is 309 g/mol. The number of piperazine rings is 1. The van der Waals surface area contributed by atoms with E-state index in [0.717, 1.165) is 35.7 Å². The Morgan fingerprint density at radius 3 is 2.70 bits per heavy atom. The fourth-order valence-corrected chi connectivity index (χ4v) is 4.62. The van der Waals surface area contributed by atoms with Crippen LogP contribution >= 0.6 is 0 Å². The standard InChI is InChI=1S/C19H23N3O/c1-12-5-6-13-8-18(20-17(13)7-12)19(23)22-11-15-9-16(22)10-21(15)14-3-2-4-14/h5-8,14-16,20H,2-4,9-11H2,1H3/t15-,16-/m0/s1. The minimum absolute atomic E-state index is 0.180. The summed E-state index contributed by atoms with van der Waals surface area (Å²) in [5.41, 5.74) is 3.02. The molecule has 4 nitrogen and oxygen atoms in total. The number of aryl methyl sites for hydroxylation is 1. The third-order valence-corrected chi connectivity index (χ3v) is 6.10. The summed E-state index contributed by atoms with van der Waals surface area (Å²) in [6.45, 7) is 4.07. The molecule has 1 saturated carbocycles. The maximum absolute atomic E-state index is 12.9. The van der Waals surface area contributed by atoms with Gasteiger partial charge in [0.25, 0.3) is 5.91 Å². The van der Waals surface area contributed by atoms with Crippen molar-refractivity contribution in [2.45, 2.75) is 50.7 Å². The van der Waals surface area contributed by atoms with Gasteiger partial charge in [-0.2, -0.15) is 0 Å². The summed E-state index contributed by atoms with van der Waals surface area (Å²) in [6.07, 6.45) is 5.27. The van der Waals surface area contributed by atoms with E-state index in [2.05, 4.69) is 39.9 Å². The Morgan fingerprint density at radius 1 is 1.13 bits per heavy atom. The van der Waals surface area contributed by atoms with Gasteiger partial charge < -0.3 is 9.88 Å². The van der Waals surface area contributed by atoms with Crippen molar-refractivity contribution >= 4 is 16.8 Å². The van der Waals surface area contributed by atoms with Crippen molar-refractivity contribution in [3.8, 4) is 0 Å². The Hall–Kier alpha value is -1.81. The van der Waals surface area contributed by atoms with Gasteiger partial charge in [-0.05, 0) is 43.9 Å². The lowest BCUT2D eigenvalue weighted by Gasteiger charge is -2.42. The van der Waals surface area contributed by atoms with Crippen LogP contribution in [0.1, 0.15) is 41.7 Å². The third kappa shape index (κ3) is 2.04. The molecule has 23 heavy (non-hydrogen) atoms. The molecule has 1 aliphatic carbocycles. The number of nitrogens with zero attached hydrogens (tertiary/aromatic N) is 2. The van der Waals surface area contributed by atoms with Crippen LogP contribution in [0.25, 0.3) is 10.9 Å². The summed E-state index contributed by atoms with van der Waals surface area (Å²) in [5, 5.41) is 1.12. The second-order valence-electron chi connectivity index (χ2n) is 7.56. The molecule has 1 aromatic heterocycles. The van der Waals surface area contributed by atoms with Gasteiger partial charge in [0.2, 0.25) is 0 Å². The molecular formula is C19H23N3O. The highest BCUT2D eigenvalue weighted by Crippen LogP contribution is 2.38. The molecule has 4 heteroatoms. The van der Waals surface area contributed by atoms with Gasteiger partial charge in [0.05, 0.1) is 0 Å². The van der Waals surface area contributed by atoms with Crippen LogP contribution in [0, 0.1) is 6.92 Å². The Kier molecular flexibility index (Phi) is 2.87. The summed E-state index contributed by atoms with van der Waals surface area (Å²) in [4.78, 5) is 21.0. The number of benzene rings is 1. The van der Waals surface area contributed by atoms with Crippen LogP contribution in [-0.4, -0.2) is 51.9 Å². The Bertz CT molecular complexity index is 776. The summed E-state index contributed by atoms with van der Waals surface area (Å²) < 4.78 is 0. The summed E-state index contributed by atoms with van der Waals surface area (Å²) in [5.74, 6) is 0.180. The number of aromatic amines is 1. The first kappa shape index (κ1) is 13.6. The number of hydrogen-bond acceptors (Lipinski definition) is 2. The molecule has 1 aromatic carbocycles. The predicted molar refractivity (Wildman–Crippen MR) is 90.6 cm³/mol. The van der Waals surface area contributed by atoms with Gasteiger partial charge in [0.1, 0.15) is 5.69 Å². The molecule has 0 unspecified atom stereocenters. The number of H-pyrrole nitrogens is 1. The quantitative estimate of drug-likeness (QED) is 0.926. The second kappa shape index (κ2) is 4.84. The molecule has 2 aliphatic heterocycles. The number of hydrogen-bond donors (Lipinski definition) is 1. The molecule has 2 aromatic rings. The summed E-state index contributed by atoms with van der Waals surface area (Å²) in [7, 11) is 0. The van der Waals surface area contributed by atoms with Crippen molar-refractivity contribution in [2.24, 2.45) is 0 Å². The zero-order valence-electron chi connectivity index (χ0n) is 13.6. The molecule has 1 N–H and O–H groups in total. The van der Waals surface area contributed by atoms with E-state index in [1.165, 1.54) is 31.2 Å². The average Bonchev–Trinajstić information content (AvgIpc) is 3.16. The van der Waals surface area contributed by atoms with Crippen LogP contribution in [0.3, 0.4) is 0 Å². The normalized spacial score (nSPS) is 27.8. The van der Waals surface area contributed by atoms with Crippen molar-refractivity contribution < 1.29 is 4.79 Å². The lowest BCUT2D eigenvalue weighted by Crippen LogP contribution is -2.53. The second-order valence-corrected chi connectivity index (χ2v) is 7.56. The molecule has 3 heterocycles. The molecule has 2 saturated heterocycles. The number of aromatic nitrogens is 1. The number of rotatable bonds is 2. The van der Waals surface area contributed by atoms with E-state index >= 15 is 0 Å². The highest BCUT2D eigenvalue weighted by Gasteiger charge is 2.48. The van der Waals surface area contributed by atoms with Gasteiger partial charge in [0.15, 0.2) is 0 Å². The topological polar surface area (TPSA) is 39.3 Å². The SMILES string of the molecule is Cc1ccc2cc(C(=O)N3C[C@@H]4C[C@H]3CN4C3CCC3)[nH]c2c1. The van der Waals surface area contributed by atoms with Crippen molar-refractivity contribution in [1.82, 2.24) is 14.8 Å². The molecule has 2 atom stereocenters. The van der Waals surface area contributed by atoms with Crippen LogP contribution in [-0.2, 0) is 0 Å². The van der Waals surface area contributed by atoms with Crippen LogP contribution in [0.2, 0.25) is 0 Å². The number of carbonyl (C=O) groups is 1. The van der Waals surface area contributed by atoms with E-state index in [-0.39, 0.29) is 5.91 Å². The van der Waals surface area contributed by atoms with Crippen molar-refractivity contribution in [3.63, 3.8) is 0 Å². The molecule has 0 spiro atoms. The number of nitrogens with one attached hydrogen (secondary N) is 1. The fourth-order valence-electron chi connectivity index (χ4n) is 4.62. The zero-order valence-corrected chi connectivity index (χ0v) is 13.6. The van der Waals surface area contributed by atoms with Crippen LogP contribution in [0.5, 0.6) is 0 Å². The van der Waals surface area contributed by atoms with Gasteiger partial charge in [-0.1, -0.05) is 18.6 Å². The number of likely N-dealkylation sites (tertiary alicyclic amines) is 2. The van der Waals surface area contributed by atoms with Gasteiger partial charge in [-0.25, -0.2) is 0 Å². The molecule has 3 fully saturated rings. The van der Waals surface area contributed by atoms with Crippen LogP contribution < -0.4 is 0 Å². The molecule has 5 rings (SSSR count). The Morgan fingerprint density at radius 2 is 2.00 bits per heavy atom. The monoisotopic (exact) mass is 309 g/mol. The van der Waals surface area contributed by atoms with Crippen LogP contribution in [0.4, 0.5) is 0 Å². The van der Waals surface area contributed by atoms with Gasteiger partial charge in [-0.15, -0.1) is 0 Å². The molecule has 0 radical (unpaired) electrons. The van der Waals surface area contributed by atoms with E-state index in [4.69, 9.17) is 0 Å². The Balaban J connectivity index is 1.37. The highest BCUT2D eigenvalue weighted by molar-refractivity contribution is 5.98. The highest BCUT2D eigenvalue weighted by atomic mass is 16.2. The first-order chi connectivity index (χ1) is 11.2. The molecule has 3 aliphatic rings. The first-order valence-corrected chi connectivity index (χ1v) is 8.85. The predicted octanol–water partition coefficient (Wildman–Crippen LogP) is 2.93. The first-order valence-electron chi connectivity index (χ1n) is 8.85. The van der Waals surface area contributed by atoms with E-state index in [9.17, 15) is 4.79 Å². The molecule has 1 amide bonds. The number of carbonyl (C=O) groups excluding carboxylic acids is 1. The van der Waals surface area contributed by atoms with Crippen molar-refractivity contribution in [2.75, 3.05) is 13.1 Å². The maximum Gasteiger partial charge on any atom is 0.270 e. The Labute approximate surface area is 136 Å². The maximum atomic E-state index is 12.9. The lowest BCUT2D eigenvalue weighted by atomic mass is 9.91. The van der Waals surface area contributed by atoms with E-state index in [1.54, 1.807) is 0 Å². The van der Waals surface area contributed by atoms with Gasteiger partial charge in [0, 0.05) is 42.1 Å². The molecular weight excluding hydrogens is 286 g/mol. The van der Waals surface area contributed by atoms with Crippen molar-refractivity contribution in [1.29, 1.82) is 0 Å². The fraction of sp³-hybridized carbons (Fsp3) is 0.526. The number of fused-ring (bicyclic) bond motifs is 3. The third-order valence-electron chi connectivity index (χ3n) is 6.10. The van der Waals surface area contributed by atoms with Gasteiger partial charge >= 0.3 is 0 Å². The van der Waals surface area contributed by atoms with Crippen molar-refractivity contribution in [3.05, 3.63) is 35.5 Å². The summed E-state index contributed by atoms with van der Waals surface area (Å²) >= 11 is 0. The lowest BCUT2D eigenvalue weighted by molar-refractivity contribution is 0.0432. The largest absolute Gasteiger partial charge is 0.351 e.